The molecule has 0 fully saturated rings. The summed E-state index contributed by atoms with van der Waals surface area (Å²) >= 11 is 0. The highest BCUT2D eigenvalue weighted by atomic mass is 16.7. The number of carboxylic acid groups (broad SMARTS) is 1. The van der Waals surface area contributed by atoms with Crippen LogP contribution in [0.1, 0.15) is 30.5 Å². The number of carboxylic acids is 1. The highest BCUT2D eigenvalue weighted by Crippen LogP contribution is 2.39. The first kappa shape index (κ1) is 26.7. The van der Waals surface area contributed by atoms with E-state index in [1.807, 2.05) is 37.3 Å². The number of nitrogens with zero attached hydrogens (tertiary/aromatic N) is 2. The van der Waals surface area contributed by atoms with Crippen LogP contribution in [0, 0.1) is 12.8 Å². The molecule has 0 saturated carbocycles. The molecule has 0 saturated heterocycles. The van der Waals surface area contributed by atoms with Gasteiger partial charge in [0.25, 0.3) is 5.56 Å². The molecular weight excluding hydrogens is 456 g/mol. The molecule has 2 aromatic rings. The first-order chi connectivity index (χ1) is 16.9. The molecule has 1 aromatic carbocycles. The summed E-state index contributed by atoms with van der Waals surface area (Å²) in [6.07, 6.45) is 1.13. The van der Waals surface area contributed by atoms with Crippen LogP contribution in [-0.2, 0) is 30.8 Å². The molecule has 10 nitrogen and oxygen atoms in total. The van der Waals surface area contributed by atoms with Crippen LogP contribution in [0.3, 0.4) is 0 Å². The van der Waals surface area contributed by atoms with Gasteiger partial charge in [0, 0.05) is 43.4 Å². The Morgan fingerprint density at radius 3 is 2.43 bits per heavy atom. The van der Waals surface area contributed by atoms with Crippen molar-refractivity contribution in [3.63, 3.8) is 0 Å². The summed E-state index contributed by atoms with van der Waals surface area (Å²) in [5, 5.41) is 18.5. The van der Waals surface area contributed by atoms with E-state index in [0.29, 0.717) is 44.1 Å². The van der Waals surface area contributed by atoms with Crippen molar-refractivity contribution in [3.05, 3.63) is 63.8 Å². The van der Waals surface area contributed by atoms with E-state index in [9.17, 15) is 14.7 Å². The number of carbonyl (C=O) groups is 1. The predicted molar refractivity (Wildman–Crippen MR) is 128 cm³/mol. The lowest BCUT2D eigenvalue weighted by Gasteiger charge is -2.36. The molecule has 0 amide bonds. The van der Waals surface area contributed by atoms with E-state index in [0.717, 1.165) is 5.69 Å². The Kier molecular flexibility index (Phi) is 9.67. The van der Waals surface area contributed by atoms with E-state index < -0.39 is 18.2 Å². The number of rotatable bonds is 13. The minimum absolute atomic E-state index is 0.0493. The molecular formula is C25H34N2O8. The number of allylic oxidation sites excluding steroid dienone is 1. The van der Waals surface area contributed by atoms with Gasteiger partial charge in [-0.15, -0.1) is 0 Å². The second-order valence-electron chi connectivity index (χ2n) is 8.18. The van der Waals surface area contributed by atoms with Gasteiger partial charge in [-0.25, -0.2) is 9.48 Å². The van der Waals surface area contributed by atoms with E-state index in [1.165, 1.54) is 6.08 Å². The maximum atomic E-state index is 13.7. The van der Waals surface area contributed by atoms with Crippen LogP contribution in [0.2, 0.25) is 0 Å². The van der Waals surface area contributed by atoms with Gasteiger partial charge in [0.2, 0.25) is 12.0 Å². The SMILES string of the molecule is CCO[C@H]1OC(C(=O)O)=C[C@@H](c2c(C)n(C)n(-c3ccccc3)c2=O)[C@H]1CCOCCOCCO. The Morgan fingerprint density at radius 2 is 1.80 bits per heavy atom. The summed E-state index contributed by atoms with van der Waals surface area (Å²) in [4.78, 5) is 25.5. The second kappa shape index (κ2) is 12.7. The number of aliphatic hydroxyl groups is 1. The van der Waals surface area contributed by atoms with Crippen molar-refractivity contribution in [1.82, 2.24) is 9.36 Å². The van der Waals surface area contributed by atoms with Gasteiger partial charge in [-0.3, -0.25) is 9.48 Å². The molecule has 0 bridgehead atoms. The van der Waals surface area contributed by atoms with E-state index in [4.69, 9.17) is 24.1 Å². The fourth-order valence-electron chi connectivity index (χ4n) is 4.34. The van der Waals surface area contributed by atoms with E-state index in [1.54, 1.807) is 23.3 Å². The van der Waals surface area contributed by atoms with Crippen LogP contribution in [0.25, 0.3) is 5.69 Å². The van der Waals surface area contributed by atoms with Gasteiger partial charge >= 0.3 is 5.97 Å². The first-order valence-electron chi connectivity index (χ1n) is 11.7. The van der Waals surface area contributed by atoms with Gasteiger partial charge in [0.05, 0.1) is 32.1 Å². The first-order valence-corrected chi connectivity index (χ1v) is 11.7. The molecule has 2 heterocycles. The van der Waals surface area contributed by atoms with Crippen LogP contribution >= 0.6 is 0 Å². The number of aliphatic hydroxyl groups excluding tert-OH is 1. The summed E-state index contributed by atoms with van der Waals surface area (Å²) < 4.78 is 25.7. The smallest absolute Gasteiger partial charge is 0.370 e. The summed E-state index contributed by atoms with van der Waals surface area (Å²) in [6.45, 7) is 5.21. The van der Waals surface area contributed by atoms with E-state index in [-0.39, 0.29) is 30.5 Å². The number of aromatic nitrogens is 2. The summed E-state index contributed by atoms with van der Waals surface area (Å²) in [6, 6.07) is 9.29. The summed E-state index contributed by atoms with van der Waals surface area (Å²) in [7, 11) is 1.80. The van der Waals surface area contributed by atoms with Crippen LogP contribution in [0.5, 0.6) is 0 Å². The van der Waals surface area contributed by atoms with Crippen molar-refractivity contribution in [2.45, 2.75) is 32.5 Å². The van der Waals surface area contributed by atoms with Crippen LogP contribution in [0.4, 0.5) is 0 Å². The number of hydrogen-bond acceptors (Lipinski definition) is 7. The van der Waals surface area contributed by atoms with E-state index in [2.05, 4.69) is 0 Å². The highest BCUT2D eigenvalue weighted by molar-refractivity contribution is 5.84. The Balaban J connectivity index is 1.96. The normalized spacial score (nSPS) is 19.9. The van der Waals surface area contributed by atoms with Gasteiger partial charge in [-0.05, 0) is 38.5 Å². The quantitative estimate of drug-likeness (QED) is 0.409. The Labute approximate surface area is 204 Å². The third kappa shape index (κ3) is 6.21. The van der Waals surface area contributed by atoms with Crippen LogP contribution < -0.4 is 5.56 Å². The summed E-state index contributed by atoms with van der Waals surface area (Å²) in [5.41, 5.74) is 1.72. The number of para-hydroxylation sites is 1. The Hall–Kier alpha value is -2.92. The topological polar surface area (TPSA) is 121 Å². The standard InChI is InChI=1S/C25H34N2O8/c1-4-34-25-19(10-12-32-14-15-33-13-11-28)20(16-21(35-25)24(30)31)22-17(2)26(3)27(23(22)29)18-8-6-5-7-9-18/h5-9,16,19-20,25,28H,4,10-15H2,1-3H3,(H,30,31)/t19-,20-,25+/m1/s1. The molecule has 2 N–H and O–H groups in total. The van der Waals surface area contributed by atoms with Gasteiger partial charge in [0.1, 0.15) is 0 Å². The zero-order valence-electron chi connectivity index (χ0n) is 20.4. The van der Waals surface area contributed by atoms with Crippen molar-refractivity contribution in [3.8, 4) is 5.69 Å². The molecule has 35 heavy (non-hydrogen) atoms. The van der Waals surface area contributed by atoms with Crippen molar-refractivity contribution in [2.24, 2.45) is 13.0 Å². The summed E-state index contributed by atoms with van der Waals surface area (Å²) in [5.74, 6) is -2.36. The molecule has 1 aliphatic rings. The molecule has 192 valence electrons. The average molecular weight is 491 g/mol. The van der Waals surface area contributed by atoms with Crippen LogP contribution in [0.15, 0.2) is 47.0 Å². The Bertz CT molecular complexity index is 1060. The van der Waals surface area contributed by atoms with Crippen molar-refractivity contribution >= 4 is 5.97 Å². The lowest BCUT2D eigenvalue weighted by molar-refractivity contribution is -0.174. The molecule has 3 atom stereocenters. The van der Waals surface area contributed by atoms with Gasteiger partial charge in [-0.1, -0.05) is 18.2 Å². The second-order valence-corrected chi connectivity index (χ2v) is 8.18. The van der Waals surface area contributed by atoms with E-state index >= 15 is 0 Å². The molecule has 1 aromatic heterocycles. The minimum atomic E-state index is -1.22. The molecule has 3 rings (SSSR count). The van der Waals surface area contributed by atoms with Crippen LogP contribution in [-0.4, -0.2) is 71.5 Å². The predicted octanol–water partition coefficient (Wildman–Crippen LogP) is 1.96. The molecule has 0 unspecified atom stereocenters. The molecule has 0 spiro atoms. The van der Waals surface area contributed by atoms with Gasteiger partial charge in [0.15, 0.2) is 0 Å². The Morgan fingerprint density at radius 1 is 1.11 bits per heavy atom. The third-order valence-corrected chi connectivity index (χ3v) is 6.06. The van der Waals surface area contributed by atoms with Crippen molar-refractivity contribution in [1.29, 1.82) is 0 Å². The molecule has 0 radical (unpaired) electrons. The maximum absolute atomic E-state index is 13.7. The van der Waals surface area contributed by atoms with Crippen molar-refractivity contribution < 1.29 is 34.0 Å². The van der Waals surface area contributed by atoms with Gasteiger partial charge in [-0.2, -0.15) is 0 Å². The lowest BCUT2D eigenvalue weighted by atomic mass is 9.81. The minimum Gasteiger partial charge on any atom is -0.475 e. The maximum Gasteiger partial charge on any atom is 0.370 e. The zero-order valence-corrected chi connectivity index (χ0v) is 20.4. The largest absolute Gasteiger partial charge is 0.475 e. The van der Waals surface area contributed by atoms with Crippen molar-refractivity contribution in [2.75, 3.05) is 39.6 Å². The lowest BCUT2D eigenvalue weighted by Crippen LogP contribution is -2.38. The number of hydrogen-bond donors (Lipinski definition) is 2. The fraction of sp³-hybridized carbons (Fsp3) is 0.520. The monoisotopic (exact) mass is 490 g/mol. The highest BCUT2D eigenvalue weighted by Gasteiger charge is 2.41. The molecule has 10 heteroatoms. The fourth-order valence-corrected chi connectivity index (χ4v) is 4.34. The number of ether oxygens (including phenoxy) is 4. The molecule has 0 aliphatic carbocycles. The van der Waals surface area contributed by atoms with Gasteiger partial charge < -0.3 is 29.2 Å². The number of aliphatic carboxylic acids is 1. The third-order valence-electron chi connectivity index (χ3n) is 6.06. The molecule has 1 aliphatic heterocycles. The average Bonchev–Trinajstić information content (AvgIpc) is 3.07. The number of benzene rings is 1. The zero-order chi connectivity index (χ0) is 25.4.